The zero-order valence-corrected chi connectivity index (χ0v) is 16.0. The molecular formula is C21H26FN3O3. The van der Waals surface area contributed by atoms with Gasteiger partial charge in [0.1, 0.15) is 11.9 Å². The van der Waals surface area contributed by atoms with Gasteiger partial charge < -0.3 is 19.9 Å². The molecule has 3 saturated heterocycles. The lowest BCUT2D eigenvalue weighted by Crippen LogP contribution is -2.59. The van der Waals surface area contributed by atoms with Crippen LogP contribution in [0.3, 0.4) is 0 Å². The van der Waals surface area contributed by atoms with Crippen molar-refractivity contribution in [2.24, 2.45) is 5.73 Å². The molecule has 6 rings (SSSR count). The van der Waals surface area contributed by atoms with Gasteiger partial charge in [0, 0.05) is 23.6 Å². The van der Waals surface area contributed by atoms with Crippen molar-refractivity contribution < 1.29 is 18.6 Å². The Morgan fingerprint density at radius 2 is 2.11 bits per heavy atom. The molecule has 2 bridgehead atoms. The van der Waals surface area contributed by atoms with Crippen molar-refractivity contribution in [2.75, 3.05) is 19.8 Å². The Kier molecular flexibility index (Phi) is 4.49. The van der Waals surface area contributed by atoms with E-state index in [2.05, 4.69) is 9.97 Å². The number of hydrogen-bond donors (Lipinski definition) is 1. The SMILES string of the molecule is NC12CCC(CCc3c(F)cnc4ccc(OC5CCOC5)nc34)(CC1)OC2. The van der Waals surface area contributed by atoms with Crippen LogP contribution in [0.1, 0.15) is 44.1 Å². The van der Waals surface area contributed by atoms with Crippen molar-refractivity contribution in [1.82, 2.24) is 9.97 Å². The predicted octanol–water partition coefficient (Wildman–Crippen LogP) is 2.91. The van der Waals surface area contributed by atoms with Gasteiger partial charge in [0.25, 0.3) is 0 Å². The van der Waals surface area contributed by atoms with Crippen molar-refractivity contribution in [1.29, 1.82) is 0 Å². The Balaban J connectivity index is 1.39. The molecular weight excluding hydrogens is 361 g/mol. The number of rotatable bonds is 5. The van der Waals surface area contributed by atoms with Crippen LogP contribution >= 0.6 is 0 Å². The Hall–Kier alpha value is -1.83. The van der Waals surface area contributed by atoms with E-state index in [0.717, 1.165) is 38.5 Å². The molecule has 7 heteroatoms. The lowest BCUT2D eigenvalue weighted by molar-refractivity contribution is -0.156. The van der Waals surface area contributed by atoms with Gasteiger partial charge in [-0.3, -0.25) is 4.98 Å². The molecule has 2 aromatic heterocycles. The van der Waals surface area contributed by atoms with E-state index in [0.29, 0.717) is 48.7 Å². The second-order valence-electron chi connectivity index (χ2n) is 8.54. The van der Waals surface area contributed by atoms with Crippen LogP contribution in [0.15, 0.2) is 18.3 Å². The van der Waals surface area contributed by atoms with Crippen LogP contribution in [0.4, 0.5) is 4.39 Å². The van der Waals surface area contributed by atoms with Crippen LogP contribution in [0.25, 0.3) is 11.0 Å². The molecule has 2 aromatic rings. The topological polar surface area (TPSA) is 79.5 Å². The first-order valence-corrected chi connectivity index (χ1v) is 10.2. The highest BCUT2D eigenvalue weighted by molar-refractivity contribution is 5.78. The van der Waals surface area contributed by atoms with Gasteiger partial charge in [0.2, 0.25) is 5.88 Å². The van der Waals surface area contributed by atoms with E-state index in [1.54, 1.807) is 6.07 Å². The summed E-state index contributed by atoms with van der Waals surface area (Å²) >= 11 is 0. The van der Waals surface area contributed by atoms with Gasteiger partial charge in [-0.05, 0) is 44.6 Å². The molecule has 1 aliphatic carbocycles. The summed E-state index contributed by atoms with van der Waals surface area (Å²) in [7, 11) is 0. The zero-order valence-electron chi connectivity index (χ0n) is 16.0. The fraction of sp³-hybridized carbons (Fsp3) is 0.619. The van der Waals surface area contributed by atoms with Gasteiger partial charge in [0.05, 0.1) is 42.7 Å². The van der Waals surface area contributed by atoms with Crippen LogP contribution in [0.2, 0.25) is 0 Å². The maximum absolute atomic E-state index is 14.7. The number of fused-ring (bicyclic) bond motifs is 4. The van der Waals surface area contributed by atoms with E-state index in [1.807, 2.05) is 6.07 Å². The van der Waals surface area contributed by atoms with Crippen molar-refractivity contribution in [3.8, 4) is 5.88 Å². The molecule has 0 spiro atoms. The highest BCUT2D eigenvalue weighted by Gasteiger charge is 2.47. The molecule has 1 saturated carbocycles. The number of ether oxygens (including phenoxy) is 3. The number of aromatic nitrogens is 2. The van der Waals surface area contributed by atoms with Crippen molar-refractivity contribution in [3.05, 3.63) is 29.7 Å². The number of nitrogens with two attached hydrogens (primary N) is 1. The maximum atomic E-state index is 14.7. The van der Waals surface area contributed by atoms with Crippen LogP contribution in [0.5, 0.6) is 5.88 Å². The summed E-state index contributed by atoms with van der Waals surface area (Å²) in [6.07, 6.45) is 7.30. The zero-order chi connectivity index (χ0) is 19.2. The summed E-state index contributed by atoms with van der Waals surface area (Å²) in [4.78, 5) is 8.79. The third-order valence-electron chi connectivity index (χ3n) is 6.57. The van der Waals surface area contributed by atoms with Gasteiger partial charge in [0.15, 0.2) is 0 Å². The second-order valence-corrected chi connectivity index (χ2v) is 8.54. The third kappa shape index (κ3) is 3.36. The highest BCUT2D eigenvalue weighted by atomic mass is 19.1. The van der Waals surface area contributed by atoms with Crippen LogP contribution < -0.4 is 10.5 Å². The van der Waals surface area contributed by atoms with Crippen molar-refractivity contribution in [2.45, 2.75) is 62.2 Å². The quantitative estimate of drug-likeness (QED) is 0.850. The van der Waals surface area contributed by atoms with Crippen LogP contribution in [-0.2, 0) is 15.9 Å². The summed E-state index contributed by atoms with van der Waals surface area (Å²) in [6, 6.07) is 3.63. The maximum Gasteiger partial charge on any atom is 0.214 e. The molecule has 4 aliphatic rings. The highest BCUT2D eigenvalue weighted by Crippen LogP contribution is 2.45. The van der Waals surface area contributed by atoms with E-state index in [4.69, 9.17) is 19.9 Å². The molecule has 150 valence electrons. The normalized spacial score (nSPS) is 32.1. The number of nitrogens with zero attached hydrogens (tertiary/aromatic N) is 2. The molecule has 28 heavy (non-hydrogen) atoms. The lowest BCUT2D eigenvalue weighted by Gasteiger charge is -2.51. The van der Waals surface area contributed by atoms with E-state index < -0.39 is 0 Å². The molecule has 6 nitrogen and oxygen atoms in total. The van der Waals surface area contributed by atoms with Crippen molar-refractivity contribution >= 4 is 11.0 Å². The minimum atomic E-state index is -0.322. The molecule has 1 atom stereocenters. The van der Waals surface area contributed by atoms with Crippen molar-refractivity contribution in [3.63, 3.8) is 0 Å². The molecule has 0 radical (unpaired) electrons. The molecule has 2 N–H and O–H groups in total. The Morgan fingerprint density at radius 1 is 1.25 bits per heavy atom. The minimum Gasteiger partial charge on any atom is -0.472 e. The number of pyridine rings is 2. The molecule has 5 heterocycles. The summed E-state index contributed by atoms with van der Waals surface area (Å²) in [5.74, 6) is 0.173. The van der Waals surface area contributed by atoms with Gasteiger partial charge >= 0.3 is 0 Å². The van der Waals surface area contributed by atoms with Gasteiger partial charge in [-0.1, -0.05) is 0 Å². The summed E-state index contributed by atoms with van der Waals surface area (Å²) < 4.78 is 32.1. The van der Waals surface area contributed by atoms with E-state index in [-0.39, 0.29) is 23.1 Å². The number of aryl methyl sites for hydroxylation is 1. The first kappa shape index (κ1) is 18.2. The first-order valence-electron chi connectivity index (χ1n) is 10.2. The Bertz CT molecular complexity index is 860. The Morgan fingerprint density at radius 3 is 2.82 bits per heavy atom. The molecule has 0 amide bonds. The van der Waals surface area contributed by atoms with E-state index in [9.17, 15) is 4.39 Å². The monoisotopic (exact) mass is 387 g/mol. The lowest BCUT2D eigenvalue weighted by atomic mass is 9.70. The standard InChI is InChI=1S/C21H26FN3O3/c22-16-11-24-17-1-2-18(28-14-4-10-26-12-14)25-19(17)15(16)3-5-21-8-6-20(23,7-9-21)13-27-21/h1-2,11,14H,3-10,12-13,23H2. The fourth-order valence-corrected chi connectivity index (χ4v) is 4.62. The van der Waals surface area contributed by atoms with E-state index in [1.165, 1.54) is 6.20 Å². The molecule has 4 fully saturated rings. The molecule has 1 unspecified atom stereocenters. The average Bonchev–Trinajstić information content (AvgIpc) is 3.21. The third-order valence-corrected chi connectivity index (χ3v) is 6.57. The largest absolute Gasteiger partial charge is 0.472 e. The number of hydrogen-bond acceptors (Lipinski definition) is 6. The predicted molar refractivity (Wildman–Crippen MR) is 102 cm³/mol. The first-order chi connectivity index (χ1) is 13.5. The van der Waals surface area contributed by atoms with Gasteiger partial charge in [-0.25, -0.2) is 9.37 Å². The number of halogens is 1. The van der Waals surface area contributed by atoms with Crippen LogP contribution in [-0.4, -0.2) is 47.0 Å². The Labute approximate surface area is 163 Å². The fourth-order valence-electron chi connectivity index (χ4n) is 4.62. The van der Waals surface area contributed by atoms with Crippen LogP contribution in [0, 0.1) is 5.82 Å². The minimum absolute atomic E-state index is 0.00298. The second kappa shape index (κ2) is 6.90. The van der Waals surface area contributed by atoms with Gasteiger partial charge in [-0.2, -0.15) is 0 Å². The summed E-state index contributed by atoms with van der Waals surface area (Å²) in [5, 5.41) is 0. The summed E-state index contributed by atoms with van der Waals surface area (Å²) in [6.45, 7) is 1.87. The van der Waals surface area contributed by atoms with Gasteiger partial charge in [-0.15, -0.1) is 0 Å². The molecule has 0 aromatic carbocycles. The molecule has 3 aliphatic heterocycles. The average molecular weight is 387 g/mol. The van der Waals surface area contributed by atoms with E-state index >= 15 is 0 Å². The summed E-state index contributed by atoms with van der Waals surface area (Å²) in [5.41, 5.74) is 7.82. The smallest absolute Gasteiger partial charge is 0.214 e.